The van der Waals surface area contributed by atoms with Gasteiger partial charge in [-0.2, -0.15) is 13.2 Å². The zero-order chi connectivity index (χ0) is 24.2. The van der Waals surface area contributed by atoms with Crippen LogP contribution in [0, 0.1) is 11.8 Å². The van der Waals surface area contributed by atoms with Crippen molar-refractivity contribution in [3.8, 4) is 0 Å². The Labute approximate surface area is 201 Å². The molecule has 4 aliphatic rings. The van der Waals surface area contributed by atoms with Crippen LogP contribution in [0.2, 0.25) is 10.0 Å². The van der Waals surface area contributed by atoms with Crippen molar-refractivity contribution in [3.63, 3.8) is 0 Å². The van der Waals surface area contributed by atoms with Gasteiger partial charge in [-0.15, -0.1) is 0 Å². The number of carbonyl (C=O) groups excluding carboxylic acids is 3. The first-order chi connectivity index (χ1) is 16.1. The fraction of sp³-hybridized carbons (Fsp3) is 0.348. The molecule has 0 aromatic heterocycles. The predicted octanol–water partition coefficient (Wildman–Crippen LogP) is 4.44. The number of anilines is 2. The Balaban J connectivity index is 1.54. The highest BCUT2D eigenvalue weighted by atomic mass is 35.5. The number of halogens is 5. The third-order valence-corrected chi connectivity index (χ3v) is 7.97. The number of nitrogens with one attached hydrogen (secondary N) is 1. The minimum Gasteiger partial charge on any atom is -0.323 e. The lowest BCUT2D eigenvalue weighted by molar-refractivity contribution is -0.137. The van der Waals surface area contributed by atoms with Crippen molar-refractivity contribution in [2.45, 2.75) is 30.6 Å². The largest absolute Gasteiger partial charge is 0.416 e. The summed E-state index contributed by atoms with van der Waals surface area (Å²) < 4.78 is 39.9. The standard InChI is InChI=1S/C23H16Cl2F3N3O3/c24-11-8-13-18(14(25)9-11)29-21(34)22(13)17-16(15-5-2-6-30(15)22)19(32)31(20(17)33)12-4-1-3-10(7-12)23(26,27)28/h1,3-4,7-9,15-17H,2,5-6H2,(H,29,34). The molecule has 2 aromatic rings. The van der Waals surface area contributed by atoms with Gasteiger partial charge in [-0.1, -0.05) is 29.3 Å². The number of hydrogen-bond acceptors (Lipinski definition) is 4. The Hall–Kier alpha value is -2.62. The third-order valence-electron chi connectivity index (χ3n) is 7.45. The average Bonchev–Trinajstić information content (AvgIpc) is 3.47. The lowest BCUT2D eigenvalue weighted by atomic mass is 9.75. The van der Waals surface area contributed by atoms with Gasteiger partial charge < -0.3 is 5.32 Å². The summed E-state index contributed by atoms with van der Waals surface area (Å²) in [6, 6.07) is 6.75. The van der Waals surface area contributed by atoms with Gasteiger partial charge in [0.15, 0.2) is 0 Å². The number of nitrogens with zero attached hydrogens (tertiary/aromatic N) is 2. The Kier molecular flexibility index (Phi) is 4.48. The molecule has 6 rings (SSSR count). The van der Waals surface area contributed by atoms with Gasteiger partial charge in [0, 0.05) is 16.6 Å². The minimum absolute atomic E-state index is 0.165. The zero-order valence-electron chi connectivity index (χ0n) is 17.3. The van der Waals surface area contributed by atoms with E-state index in [2.05, 4.69) is 5.32 Å². The summed E-state index contributed by atoms with van der Waals surface area (Å²) >= 11 is 12.6. The fourth-order valence-corrected chi connectivity index (χ4v) is 6.84. The van der Waals surface area contributed by atoms with E-state index in [9.17, 15) is 27.6 Å². The van der Waals surface area contributed by atoms with Crippen LogP contribution in [0.5, 0.6) is 0 Å². The van der Waals surface area contributed by atoms with Crippen LogP contribution in [0.1, 0.15) is 24.0 Å². The number of hydrogen-bond donors (Lipinski definition) is 1. The van der Waals surface area contributed by atoms with E-state index >= 15 is 0 Å². The molecule has 0 bridgehead atoms. The van der Waals surface area contributed by atoms with Crippen LogP contribution in [-0.4, -0.2) is 35.2 Å². The van der Waals surface area contributed by atoms with Gasteiger partial charge >= 0.3 is 6.18 Å². The normalized spacial score (nSPS) is 30.2. The molecule has 1 N–H and O–H groups in total. The van der Waals surface area contributed by atoms with Crippen LogP contribution < -0.4 is 10.2 Å². The summed E-state index contributed by atoms with van der Waals surface area (Å²) in [5.41, 5.74) is -1.90. The first-order valence-electron chi connectivity index (χ1n) is 10.7. The highest BCUT2D eigenvalue weighted by Gasteiger charge is 2.74. The first-order valence-corrected chi connectivity index (χ1v) is 11.4. The molecule has 0 radical (unpaired) electrons. The molecule has 3 fully saturated rings. The molecular weight excluding hydrogens is 494 g/mol. The van der Waals surface area contributed by atoms with Gasteiger partial charge in [-0.05, 0) is 49.7 Å². The lowest BCUT2D eigenvalue weighted by Crippen LogP contribution is -2.54. The van der Waals surface area contributed by atoms with E-state index in [0.29, 0.717) is 30.6 Å². The van der Waals surface area contributed by atoms with Crippen molar-refractivity contribution in [1.82, 2.24) is 4.90 Å². The summed E-state index contributed by atoms with van der Waals surface area (Å²) in [5, 5.41) is 3.24. The molecule has 0 saturated carbocycles. The molecular formula is C23H16Cl2F3N3O3. The van der Waals surface area contributed by atoms with E-state index in [-0.39, 0.29) is 15.7 Å². The summed E-state index contributed by atoms with van der Waals surface area (Å²) in [4.78, 5) is 43.7. The summed E-state index contributed by atoms with van der Waals surface area (Å²) in [7, 11) is 0. The number of fused-ring (bicyclic) bond motifs is 7. The molecule has 4 aliphatic heterocycles. The van der Waals surface area contributed by atoms with Gasteiger partial charge in [-0.3, -0.25) is 19.3 Å². The molecule has 1 spiro atoms. The van der Waals surface area contributed by atoms with Crippen molar-refractivity contribution >= 4 is 52.3 Å². The molecule has 4 unspecified atom stereocenters. The second-order valence-corrected chi connectivity index (χ2v) is 9.84. The van der Waals surface area contributed by atoms with Gasteiger partial charge in [0.1, 0.15) is 5.54 Å². The van der Waals surface area contributed by atoms with E-state index in [1.165, 1.54) is 12.1 Å². The number of carbonyl (C=O) groups is 3. The number of alkyl halides is 3. The van der Waals surface area contributed by atoms with Crippen LogP contribution in [0.25, 0.3) is 0 Å². The van der Waals surface area contributed by atoms with Crippen LogP contribution in [0.4, 0.5) is 24.5 Å². The monoisotopic (exact) mass is 509 g/mol. The number of imide groups is 1. The highest BCUT2D eigenvalue weighted by Crippen LogP contribution is 2.61. The summed E-state index contributed by atoms with van der Waals surface area (Å²) in [5.74, 6) is -3.78. The quantitative estimate of drug-likeness (QED) is 0.577. The van der Waals surface area contributed by atoms with Gasteiger partial charge in [0.2, 0.25) is 11.8 Å². The maximum atomic E-state index is 13.8. The van der Waals surface area contributed by atoms with Crippen molar-refractivity contribution in [2.75, 3.05) is 16.8 Å². The van der Waals surface area contributed by atoms with E-state index in [4.69, 9.17) is 23.2 Å². The minimum atomic E-state index is -4.64. The topological polar surface area (TPSA) is 69.7 Å². The Morgan fingerprint density at radius 3 is 2.56 bits per heavy atom. The second kappa shape index (κ2) is 6.96. The summed E-state index contributed by atoms with van der Waals surface area (Å²) in [6.07, 6.45) is -3.36. The van der Waals surface area contributed by atoms with Gasteiger partial charge in [0.25, 0.3) is 5.91 Å². The van der Waals surface area contributed by atoms with Crippen molar-refractivity contribution in [3.05, 3.63) is 57.6 Å². The van der Waals surface area contributed by atoms with E-state index in [0.717, 1.165) is 23.1 Å². The van der Waals surface area contributed by atoms with Crippen molar-refractivity contribution in [1.29, 1.82) is 0 Å². The molecule has 2 aromatic carbocycles. The van der Waals surface area contributed by atoms with Gasteiger partial charge in [-0.25, -0.2) is 4.90 Å². The van der Waals surface area contributed by atoms with E-state index < -0.39 is 52.9 Å². The Morgan fingerprint density at radius 1 is 1.06 bits per heavy atom. The van der Waals surface area contributed by atoms with Crippen LogP contribution in [0.3, 0.4) is 0 Å². The maximum absolute atomic E-state index is 13.8. The molecule has 176 valence electrons. The van der Waals surface area contributed by atoms with E-state index in [1.807, 2.05) is 4.90 Å². The Bertz CT molecular complexity index is 1300. The van der Waals surface area contributed by atoms with Crippen molar-refractivity contribution in [2.24, 2.45) is 11.8 Å². The number of rotatable bonds is 1. The lowest BCUT2D eigenvalue weighted by Gasteiger charge is -2.36. The van der Waals surface area contributed by atoms with Crippen LogP contribution in [-0.2, 0) is 26.1 Å². The Morgan fingerprint density at radius 2 is 1.82 bits per heavy atom. The molecule has 3 amide bonds. The average molecular weight is 510 g/mol. The molecule has 11 heteroatoms. The SMILES string of the molecule is O=C1C2C3CCCN3C3(C(=O)Nc4c(Cl)cc(Cl)cc43)C2C(=O)N1c1cccc(C(F)(F)F)c1. The van der Waals surface area contributed by atoms with E-state index in [1.54, 1.807) is 6.07 Å². The number of benzene rings is 2. The van der Waals surface area contributed by atoms with Crippen LogP contribution >= 0.6 is 23.2 Å². The maximum Gasteiger partial charge on any atom is 0.416 e. The molecule has 4 atom stereocenters. The zero-order valence-corrected chi connectivity index (χ0v) is 18.8. The smallest absolute Gasteiger partial charge is 0.323 e. The summed E-state index contributed by atoms with van der Waals surface area (Å²) in [6.45, 7) is 0.485. The fourth-order valence-electron chi connectivity index (χ4n) is 6.30. The first kappa shape index (κ1) is 21.9. The third kappa shape index (κ3) is 2.60. The van der Waals surface area contributed by atoms with Crippen LogP contribution in [0.15, 0.2) is 36.4 Å². The second-order valence-electron chi connectivity index (χ2n) is 9.00. The molecule has 34 heavy (non-hydrogen) atoms. The molecule has 6 nitrogen and oxygen atoms in total. The van der Waals surface area contributed by atoms with Gasteiger partial charge in [0.05, 0.1) is 33.8 Å². The van der Waals surface area contributed by atoms with Crippen molar-refractivity contribution < 1.29 is 27.6 Å². The predicted molar refractivity (Wildman–Crippen MR) is 117 cm³/mol. The number of amides is 3. The highest BCUT2D eigenvalue weighted by molar-refractivity contribution is 6.38. The molecule has 0 aliphatic carbocycles. The molecule has 3 saturated heterocycles. The molecule has 4 heterocycles.